The maximum absolute atomic E-state index is 13.1. The van der Waals surface area contributed by atoms with E-state index in [2.05, 4.69) is 35.0 Å². The van der Waals surface area contributed by atoms with Gasteiger partial charge in [-0.05, 0) is 58.0 Å². The zero-order chi connectivity index (χ0) is 22.0. The topological polar surface area (TPSA) is 55.8 Å². The smallest absolute Gasteiger partial charge is 0.241 e. The highest BCUT2D eigenvalue weighted by atomic mass is 16.2. The molecule has 4 rings (SSSR count). The number of carbonyl (C=O) groups is 1. The Hall–Kier alpha value is -2.51. The van der Waals surface area contributed by atoms with Crippen LogP contribution in [0.2, 0.25) is 0 Å². The van der Waals surface area contributed by atoms with Gasteiger partial charge in [-0.3, -0.25) is 14.6 Å². The molecule has 3 heterocycles. The van der Waals surface area contributed by atoms with Crippen molar-refractivity contribution in [1.82, 2.24) is 19.8 Å². The molecule has 1 amide bonds. The van der Waals surface area contributed by atoms with Crippen LogP contribution in [0.5, 0.6) is 0 Å². The first-order chi connectivity index (χ1) is 14.9. The second-order valence-corrected chi connectivity index (χ2v) is 9.06. The van der Waals surface area contributed by atoms with Gasteiger partial charge < -0.3 is 9.80 Å². The molecule has 7 nitrogen and oxygen atoms in total. The number of para-hydroxylation sites is 1. The molecule has 166 valence electrons. The highest BCUT2D eigenvalue weighted by Crippen LogP contribution is 2.30. The Morgan fingerprint density at radius 1 is 1.13 bits per heavy atom. The van der Waals surface area contributed by atoms with Crippen LogP contribution in [0.25, 0.3) is 0 Å². The van der Waals surface area contributed by atoms with Crippen molar-refractivity contribution in [2.45, 2.75) is 38.3 Å². The van der Waals surface area contributed by atoms with Gasteiger partial charge >= 0.3 is 0 Å². The summed E-state index contributed by atoms with van der Waals surface area (Å²) in [5.74, 6) is 1.96. The Bertz CT molecular complexity index is 930. The third-order valence-electron chi connectivity index (χ3n) is 6.31. The van der Waals surface area contributed by atoms with Crippen molar-refractivity contribution >= 4 is 17.4 Å². The van der Waals surface area contributed by atoms with Gasteiger partial charge in [0.25, 0.3) is 0 Å². The number of aryl methyl sites for hydroxylation is 1. The Balaban J connectivity index is 1.47. The Morgan fingerprint density at radius 2 is 1.94 bits per heavy atom. The van der Waals surface area contributed by atoms with Crippen LogP contribution in [0.1, 0.15) is 42.4 Å². The van der Waals surface area contributed by atoms with E-state index in [1.807, 2.05) is 43.1 Å². The lowest BCUT2D eigenvalue weighted by Crippen LogP contribution is -2.41. The van der Waals surface area contributed by atoms with Crippen LogP contribution in [-0.2, 0) is 17.8 Å². The second kappa shape index (κ2) is 9.32. The third kappa shape index (κ3) is 4.88. The molecule has 0 radical (unpaired) electrons. The Labute approximate surface area is 185 Å². The summed E-state index contributed by atoms with van der Waals surface area (Å²) in [4.78, 5) is 31.2. The van der Waals surface area contributed by atoms with E-state index in [-0.39, 0.29) is 11.9 Å². The lowest BCUT2D eigenvalue weighted by atomic mass is 10.0. The zero-order valence-corrected chi connectivity index (χ0v) is 19.2. The summed E-state index contributed by atoms with van der Waals surface area (Å²) in [6.07, 6.45) is 4.33. The number of nitrogens with zero attached hydrogens (tertiary/aromatic N) is 6. The van der Waals surface area contributed by atoms with Gasteiger partial charge in [-0.25, -0.2) is 9.97 Å². The molecule has 0 aliphatic carbocycles. The monoisotopic (exact) mass is 422 g/mol. The van der Waals surface area contributed by atoms with Crippen molar-refractivity contribution in [2.75, 3.05) is 57.6 Å². The number of likely N-dealkylation sites (tertiary alicyclic amines) is 1. The molecule has 0 unspecified atom stereocenters. The van der Waals surface area contributed by atoms with E-state index in [4.69, 9.17) is 9.97 Å². The highest BCUT2D eigenvalue weighted by molar-refractivity contribution is 5.95. The summed E-state index contributed by atoms with van der Waals surface area (Å²) >= 11 is 0. The molecule has 1 aromatic heterocycles. The number of fused-ring (bicyclic) bond motifs is 1. The molecule has 0 spiro atoms. The molecule has 7 heteroatoms. The maximum atomic E-state index is 13.1. The minimum atomic E-state index is 0.146. The zero-order valence-electron chi connectivity index (χ0n) is 19.2. The number of amides is 1. The number of carbonyl (C=O) groups excluding carboxylic acids is 1. The Morgan fingerprint density at radius 3 is 2.68 bits per heavy atom. The van der Waals surface area contributed by atoms with Crippen LogP contribution in [0.15, 0.2) is 30.3 Å². The molecule has 31 heavy (non-hydrogen) atoms. The number of hydrogen-bond acceptors (Lipinski definition) is 6. The summed E-state index contributed by atoms with van der Waals surface area (Å²) in [5, 5.41) is 0. The molecule has 0 bridgehead atoms. The van der Waals surface area contributed by atoms with Crippen LogP contribution >= 0.6 is 0 Å². The van der Waals surface area contributed by atoms with Crippen molar-refractivity contribution in [3.63, 3.8) is 0 Å². The lowest BCUT2D eigenvalue weighted by Gasteiger charge is -2.31. The molecule has 1 fully saturated rings. The highest BCUT2D eigenvalue weighted by Gasteiger charge is 2.27. The van der Waals surface area contributed by atoms with Crippen molar-refractivity contribution in [1.29, 1.82) is 0 Å². The predicted molar refractivity (Wildman–Crippen MR) is 124 cm³/mol. The average Bonchev–Trinajstić information content (AvgIpc) is 3.18. The molecular weight excluding hydrogens is 388 g/mol. The van der Waals surface area contributed by atoms with E-state index in [1.165, 1.54) is 12.0 Å². The maximum Gasteiger partial charge on any atom is 0.241 e. The van der Waals surface area contributed by atoms with Crippen molar-refractivity contribution in [3.05, 3.63) is 47.4 Å². The van der Waals surface area contributed by atoms with Gasteiger partial charge in [0.15, 0.2) is 0 Å². The number of likely N-dealkylation sites (N-methyl/N-ethyl adjacent to an activating group) is 1. The Kier molecular flexibility index (Phi) is 6.53. The second-order valence-electron chi connectivity index (χ2n) is 9.06. The molecule has 1 saturated heterocycles. The normalized spacial score (nSPS) is 19.0. The quantitative estimate of drug-likeness (QED) is 0.714. The molecule has 2 aromatic rings. The fraction of sp³-hybridized carbons (Fsp3) is 0.542. The molecule has 1 atom stereocenters. The van der Waals surface area contributed by atoms with Crippen molar-refractivity contribution < 1.29 is 4.79 Å². The molecule has 1 aromatic carbocycles. The van der Waals surface area contributed by atoms with E-state index >= 15 is 0 Å². The first kappa shape index (κ1) is 21.7. The summed E-state index contributed by atoms with van der Waals surface area (Å²) < 4.78 is 0. The number of benzene rings is 1. The molecule has 2 aliphatic rings. The van der Waals surface area contributed by atoms with E-state index in [0.29, 0.717) is 13.1 Å². The van der Waals surface area contributed by atoms with E-state index in [1.54, 1.807) is 0 Å². The summed E-state index contributed by atoms with van der Waals surface area (Å²) in [5.41, 5.74) is 3.29. The predicted octanol–water partition coefficient (Wildman–Crippen LogP) is 2.72. The van der Waals surface area contributed by atoms with Gasteiger partial charge in [0.1, 0.15) is 11.6 Å². The summed E-state index contributed by atoms with van der Waals surface area (Å²) in [6, 6.07) is 10.6. The van der Waals surface area contributed by atoms with Gasteiger partial charge in [0.2, 0.25) is 5.91 Å². The lowest BCUT2D eigenvalue weighted by molar-refractivity contribution is -0.119. The number of aromatic nitrogens is 2. The average molecular weight is 423 g/mol. The van der Waals surface area contributed by atoms with Gasteiger partial charge in [-0.2, -0.15) is 0 Å². The van der Waals surface area contributed by atoms with E-state index < -0.39 is 0 Å². The first-order valence-electron chi connectivity index (χ1n) is 11.2. The van der Waals surface area contributed by atoms with Crippen LogP contribution in [0, 0.1) is 0 Å². The molecule has 2 aliphatic heterocycles. The standard InChI is InChI=1S/C24H34N6O/c1-27(2)22-15-19(25-24(26-22)21-12-8-13-29(21)4)16-28(3)17-23(31)30-14-7-10-18-9-5-6-11-20(18)30/h5-6,9,11,15,21H,7-8,10,12-14,16-17H2,1-4H3/t21-/m1/s1. The van der Waals surface area contributed by atoms with Gasteiger partial charge in [0, 0.05) is 38.9 Å². The van der Waals surface area contributed by atoms with Crippen LogP contribution in [-0.4, -0.2) is 73.5 Å². The first-order valence-corrected chi connectivity index (χ1v) is 11.2. The largest absolute Gasteiger partial charge is 0.363 e. The number of rotatable bonds is 6. The fourth-order valence-corrected chi connectivity index (χ4v) is 4.64. The van der Waals surface area contributed by atoms with E-state index in [9.17, 15) is 4.79 Å². The fourth-order valence-electron chi connectivity index (χ4n) is 4.64. The number of hydrogen-bond donors (Lipinski definition) is 0. The minimum absolute atomic E-state index is 0.146. The molecule has 0 saturated carbocycles. The molecular formula is C24H34N6O. The van der Waals surface area contributed by atoms with Crippen LogP contribution < -0.4 is 9.80 Å². The minimum Gasteiger partial charge on any atom is -0.363 e. The number of anilines is 2. The van der Waals surface area contributed by atoms with Gasteiger partial charge in [-0.1, -0.05) is 18.2 Å². The van der Waals surface area contributed by atoms with Crippen molar-refractivity contribution in [3.8, 4) is 0 Å². The molecule has 0 N–H and O–H groups in total. The van der Waals surface area contributed by atoms with Gasteiger partial charge in [-0.15, -0.1) is 0 Å². The van der Waals surface area contributed by atoms with Crippen LogP contribution in [0.3, 0.4) is 0 Å². The van der Waals surface area contributed by atoms with Crippen molar-refractivity contribution in [2.24, 2.45) is 0 Å². The SMILES string of the molecule is CN(CC(=O)N1CCCc2ccccc21)Cc1cc(N(C)C)nc([C@H]2CCCN2C)n1. The summed E-state index contributed by atoms with van der Waals surface area (Å²) in [7, 11) is 8.15. The van der Waals surface area contributed by atoms with Crippen LogP contribution in [0.4, 0.5) is 11.5 Å². The van der Waals surface area contributed by atoms with Gasteiger partial charge in [0.05, 0.1) is 18.3 Å². The summed E-state index contributed by atoms with van der Waals surface area (Å²) in [6.45, 7) is 2.86. The van der Waals surface area contributed by atoms with E-state index in [0.717, 1.165) is 55.4 Å². The third-order valence-corrected chi connectivity index (χ3v) is 6.31.